The number of carboxylic acid groups (broad SMARTS) is 1. The van der Waals surface area contributed by atoms with Gasteiger partial charge in [-0.15, -0.1) is 0 Å². The van der Waals surface area contributed by atoms with E-state index in [1.165, 1.54) is 0 Å². The van der Waals surface area contributed by atoms with Crippen molar-refractivity contribution in [3.63, 3.8) is 0 Å². The summed E-state index contributed by atoms with van der Waals surface area (Å²) in [7, 11) is 0. The van der Waals surface area contributed by atoms with Crippen molar-refractivity contribution in [1.29, 1.82) is 0 Å². The summed E-state index contributed by atoms with van der Waals surface area (Å²) in [6.45, 7) is 0. The molecule has 3 aliphatic rings. The molecule has 0 aromatic rings. The van der Waals surface area contributed by atoms with Gasteiger partial charge in [-0.1, -0.05) is 30.4 Å². The molecule has 0 spiro atoms. The predicted octanol–water partition coefficient (Wildman–Crippen LogP) is 1.80. The molecule has 0 bridgehead atoms. The minimum absolute atomic E-state index is 0.0894. The predicted molar refractivity (Wildman–Crippen MR) is 70.2 cm³/mol. The smallest absolute Gasteiger partial charge is 0.331 e. The highest BCUT2D eigenvalue weighted by atomic mass is 16.4. The van der Waals surface area contributed by atoms with Gasteiger partial charge < -0.3 is 5.11 Å². The topological polar surface area (TPSA) is 62.0 Å². The minimum atomic E-state index is -0.842. The Morgan fingerprint density at radius 3 is 3.00 bits per heavy atom. The summed E-state index contributed by atoms with van der Waals surface area (Å²) >= 11 is 0. The molecule has 4 heteroatoms. The Morgan fingerprint density at radius 2 is 2.17 bits per heavy atom. The SMILES string of the molecule is O=C(O)C1=CCC2=NC3C=CC=CC3C=NC2C1. The number of fused-ring (bicyclic) bond motifs is 2. The van der Waals surface area contributed by atoms with E-state index in [1.54, 1.807) is 6.08 Å². The molecule has 0 radical (unpaired) electrons. The molecule has 0 amide bonds. The average molecular weight is 242 g/mol. The molecule has 0 aromatic heterocycles. The van der Waals surface area contributed by atoms with Crippen LogP contribution in [0.25, 0.3) is 0 Å². The fourth-order valence-corrected chi connectivity index (χ4v) is 2.50. The number of allylic oxidation sites excluding steroid dienone is 3. The van der Waals surface area contributed by atoms with Gasteiger partial charge in [-0.2, -0.15) is 0 Å². The average Bonchev–Trinajstić information content (AvgIpc) is 2.56. The fourth-order valence-electron chi connectivity index (χ4n) is 2.50. The first-order valence-corrected chi connectivity index (χ1v) is 6.11. The second kappa shape index (κ2) is 4.37. The van der Waals surface area contributed by atoms with Crippen LogP contribution in [-0.2, 0) is 4.79 Å². The lowest BCUT2D eigenvalue weighted by molar-refractivity contribution is -0.132. The number of aliphatic carboxylic acids is 1. The zero-order chi connectivity index (χ0) is 12.5. The van der Waals surface area contributed by atoms with E-state index in [0.717, 1.165) is 5.71 Å². The molecule has 0 saturated carbocycles. The summed E-state index contributed by atoms with van der Waals surface area (Å²) in [5, 5.41) is 9.02. The normalized spacial score (nSPS) is 33.0. The molecule has 3 unspecified atom stereocenters. The van der Waals surface area contributed by atoms with Crippen molar-refractivity contribution < 1.29 is 9.90 Å². The Hall–Kier alpha value is -1.97. The number of carboxylic acids is 1. The van der Waals surface area contributed by atoms with Gasteiger partial charge in [0.2, 0.25) is 0 Å². The van der Waals surface area contributed by atoms with Crippen LogP contribution in [0.1, 0.15) is 12.8 Å². The lowest BCUT2D eigenvalue weighted by Gasteiger charge is -2.20. The second-order valence-electron chi connectivity index (χ2n) is 4.71. The molecule has 4 nitrogen and oxygen atoms in total. The number of aliphatic imine (C=N–C) groups is 2. The molecular formula is C14H14N2O2. The highest BCUT2D eigenvalue weighted by Gasteiger charge is 2.28. The van der Waals surface area contributed by atoms with E-state index in [9.17, 15) is 4.79 Å². The molecule has 92 valence electrons. The minimum Gasteiger partial charge on any atom is -0.478 e. The third-order valence-electron chi connectivity index (χ3n) is 3.53. The summed E-state index contributed by atoms with van der Waals surface area (Å²) in [5.41, 5.74) is 1.45. The number of hydrogen-bond donors (Lipinski definition) is 1. The maximum Gasteiger partial charge on any atom is 0.331 e. The first kappa shape index (κ1) is 11.1. The van der Waals surface area contributed by atoms with E-state index >= 15 is 0 Å². The fraction of sp³-hybridized carbons (Fsp3) is 0.357. The van der Waals surface area contributed by atoms with Gasteiger partial charge in [0.25, 0.3) is 0 Å². The molecule has 1 heterocycles. The molecule has 2 aliphatic carbocycles. The largest absolute Gasteiger partial charge is 0.478 e. The van der Waals surface area contributed by atoms with Gasteiger partial charge in [-0.3, -0.25) is 9.98 Å². The van der Waals surface area contributed by atoms with Gasteiger partial charge in [0.1, 0.15) is 0 Å². The van der Waals surface area contributed by atoms with Crippen LogP contribution in [0.15, 0.2) is 45.9 Å². The lowest BCUT2D eigenvalue weighted by Crippen LogP contribution is -2.25. The molecule has 0 fully saturated rings. The van der Waals surface area contributed by atoms with E-state index in [2.05, 4.69) is 17.1 Å². The van der Waals surface area contributed by atoms with Crippen LogP contribution in [0.2, 0.25) is 0 Å². The molecule has 3 rings (SSSR count). The standard InChI is InChI=1S/C14H14N2O2/c17-14(18)9-5-6-12-13(7-9)15-8-10-3-1-2-4-11(10)16-12/h1-5,8,10-11,13H,6-7H2,(H,17,18). The maximum absolute atomic E-state index is 11.0. The summed E-state index contributed by atoms with van der Waals surface area (Å²) < 4.78 is 0. The Balaban J connectivity index is 1.91. The van der Waals surface area contributed by atoms with E-state index in [-0.39, 0.29) is 18.0 Å². The Kier molecular flexibility index (Phi) is 2.70. The van der Waals surface area contributed by atoms with Crippen molar-refractivity contribution in [2.24, 2.45) is 15.9 Å². The highest BCUT2D eigenvalue weighted by Crippen LogP contribution is 2.25. The van der Waals surface area contributed by atoms with Crippen molar-refractivity contribution in [2.75, 3.05) is 0 Å². The Bertz CT molecular complexity index is 526. The summed E-state index contributed by atoms with van der Waals surface area (Å²) in [6.07, 6.45) is 12.9. The van der Waals surface area contributed by atoms with Crippen LogP contribution >= 0.6 is 0 Å². The Labute approximate surface area is 105 Å². The van der Waals surface area contributed by atoms with Crippen molar-refractivity contribution in [3.8, 4) is 0 Å². The summed E-state index contributed by atoms with van der Waals surface area (Å²) in [6, 6.07) is 0.0343. The zero-order valence-corrected chi connectivity index (χ0v) is 9.86. The van der Waals surface area contributed by atoms with E-state index in [4.69, 9.17) is 10.1 Å². The van der Waals surface area contributed by atoms with E-state index < -0.39 is 5.97 Å². The Morgan fingerprint density at radius 1 is 1.33 bits per heavy atom. The first-order valence-electron chi connectivity index (χ1n) is 6.11. The monoisotopic (exact) mass is 242 g/mol. The van der Waals surface area contributed by atoms with Crippen LogP contribution in [0.3, 0.4) is 0 Å². The van der Waals surface area contributed by atoms with Gasteiger partial charge in [-0.25, -0.2) is 4.79 Å². The van der Waals surface area contributed by atoms with Crippen LogP contribution < -0.4 is 0 Å². The van der Waals surface area contributed by atoms with Gasteiger partial charge in [0.15, 0.2) is 0 Å². The van der Waals surface area contributed by atoms with Gasteiger partial charge >= 0.3 is 5.97 Å². The van der Waals surface area contributed by atoms with Crippen LogP contribution in [-0.4, -0.2) is 35.1 Å². The third kappa shape index (κ3) is 1.94. The second-order valence-corrected chi connectivity index (χ2v) is 4.71. The van der Waals surface area contributed by atoms with Crippen molar-refractivity contribution in [1.82, 2.24) is 0 Å². The molecule has 18 heavy (non-hydrogen) atoms. The van der Waals surface area contributed by atoms with Crippen LogP contribution in [0.4, 0.5) is 0 Å². The number of rotatable bonds is 1. The van der Waals surface area contributed by atoms with Gasteiger partial charge in [0.05, 0.1) is 12.1 Å². The van der Waals surface area contributed by atoms with Gasteiger partial charge in [-0.05, 0) is 0 Å². The number of carbonyl (C=O) groups is 1. The summed E-state index contributed by atoms with van der Waals surface area (Å²) in [5.74, 6) is -0.632. The van der Waals surface area contributed by atoms with Crippen molar-refractivity contribution >= 4 is 17.9 Å². The van der Waals surface area contributed by atoms with Crippen molar-refractivity contribution in [2.45, 2.75) is 24.9 Å². The van der Waals surface area contributed by atoms with Crippen LogP contribution in [0.5, 0.6) is 0 Å². The molecule has 1 N–H and O–H groups in total. The number of hydrogen-bond acceptors (Lipinski definition) is 3. The van der Waals surface area contributed by atoms with Crippen molar-refractivity contribution in [3.05, 3.63) is 36.0 Å². The first-order chi connectivity index (χ1) is 8.74. The maximum atomic E-state index is 11.0. The molecule has 3 atom stereocenters. The summed E-state index contributed by atoms with van der Waals surface area (Å²) in [4.78, 5) is 20.2. The van der Waals surface area contributed by atoms with E-state index in [0.29, 0.717) is 18.4 Å². The quantitative estimate of drug-likeness (QED) is 0.762. The molecule has 1 aliphatic heterocycles. The lowest BCUT2D eigenvalue weighted by atomic mass is 9.93. The number of nitrogens with zero attached hydrogens (tertiary/aromatic N) is 2. The zero-order valence-electron chi connectivity index (χ0n) is 9.86. The van der Waals surface area contributed by atoms with Crippen LogP contribution in [0, 0.1) is 5.92 Å². The van der Waals surface area contributed by atoms with E-state index in [1.807, 2.05) is 18.4 Å². The molecular weight excluding hydrogens is 228 g/mol. The molecule has 0 saturated heterocycles. The van der Waals surface area contributed by atoms with Gasteiger partial charge in [0, 0.05) is 36.3 Å². The third-order valence-corrected chi connectivity index (χ3v) is 3.53. The molecule has 0 aromatic carbocycles. The highest BCUT2D eigenvalue weighted by molar-refractivity contribution is 5.99.